The number of hydrogen-bond acceptors (Lipinski definition) is 0. The molecule has 17 heavy (non-hydrogen) atoms. The first-order valence-electron chi connectivity index (χ1n) is 5.88. The van der Waals surface area contributed by atoms with Crippen molar-refractivity contribution in [1.82, 2.24) is 4.68 Å². The predicted molar refractivity (Wildman–Crippen MR) is 64.0 cm³/mol. The number of aromatic nitrogens is 2. The van der Waals surface area contributed by atoms with Crippen LogP contribution in [0.1, 0.15) is 24.5 Å². The molecular formula is C14H17IN2. The topological polar surface area (TPSA) is 8.81 Å². The number of halogens is 1. The molecule has 1 aliphatic rings. The van der Waals surface area contributed by atoms with E-state index in [-0.39, 0.29) is 24.0 Å². The molecule has 0 N–H and O–H groups in total. The molecule has 1 fully saturated rings. The summed E-state index contributed by atoms with van der Waals surface area (Å²) >= 11 is 0. The Kier molecular flexibility index (Phi) is 3.56. The second-order valence-electron chi connectivity index (χ2n) is 4.64. The van der Waals surface area contributed by atoms with Crippen LogP contribution in [0.15, 0.2) is 36.4 Å². The average Bonchev–Trinajstić information content (AvgIpc) is 3.10. The Morgan fingerprint density at radius 2 is 1.82 bits per heavy atom. The van der Waals surface area contributed by atoms with Gasteiger partial charge in [0.15, 0.2) is 7.05 Å². The summed E-state index contributed by atoms with van der Waals surface area (Å²) in [6, 6.07) is 12.9. The largest absolute Gasteiger partial charge is 1.00 e. The summed E-state index contributed by atoms with van der Waals surface area (Å²) in [5, 5.41) is 0. The Hall–Kier alpha value is -0.840. The maximum absolute atomic E-state index is 2.34. The van der Waals surface area contributed by atoms with Crippen molar-refractivity contribution in [3.05, 3.63) is 42.1 Å². The van der Waals surface area contributed by atoms with E-state index >= 15 is 0 Å². The van der Waals surface area contributed by atoms with E-state index in [4.69, 9.17) is 0 Å². The van der Waals surface area contributed by atoms with Crippen molar-refractivity contribution < 1.29 is 28.7 Å². The highest BCUT2D eigenvalue weighted by Gasteiger charge is 2.34. The van der Waals surface area contributed by atoms with Crippen LogP contribution in [-0.2, 0) is 14.1 Å². The fourth-order valence-corrected chi connectivity index (χ4v) is 2.30. The molecule has 1 aromatic carbocycles. The van der Waals surface area contributed by atoms with Gasteiger partial charge in [-0.15, -0.1) is 4.68 Å². The minimum atomic E-state index is 0. The second kappa shape index (κ2) is 4.80. The molecule has 2 nitrogen and oxygen atoms in total. The van der Waals surface area contributed by atoms with E-state index in [0.717, 1.165) is 5.92 Å². The van der Waals surface area contributed by atoms with E-state index in [1.807, 2.05) is 0 Å². The van der Waals surface area contributed by atoms with Crippen molar-refractivity contribution in [2.24, 2.45) is 14.1 Å². The lowest BCUT2D eigenvalue weighted by molar-refractivity contribution is -0.756. The summed E-state index contributed by atoms with van der Waals surface area (Å²) in [4.78, 5) is 0. The third-order valence-corrected chi connectivity index (χ3v) is 3.52. The monoisotopic (exact) mass is 340 g/mol. The van der Waals surface area contributed by atoms with Crippen molar-refractivity contribution in [1.29, 1.82) is 0 Å². The Bertz CT molecular complexity index is 513. The molecule has 1 aromatic heterocycles. The molecule has 1 aliphatic carbocycles. The first-order chi connectivity index (χ1) is 7.77. The number of benzene rings is 1. The van der Waals surface area contributed by atoms with Crippen LogP contribution in [0.2, 0.25) is 0 Å². The molecule has 0 spiro atoms. The van der Waals surface area contributed by atoms with Gasteiger partial charge < -0.3 is 24.0 Å². The van der Waals surface area contributed by atoms with Crippen LogP contribution in [0.4, 0.5) is 0 Å². The number of rotatable bonds is 2. The molecule has 1 heterocycles. The molecule has 3 heteroatoms. The number of nitrogens with zero attached hydrogens (tertiary/aromatic N) is 2. The van der Waals surface area contributed by atoms with Gasteiger partial charge in [-0.1, -0.05) is 30.3 Å². The first-order valence-corrected chi connectivity index (χ1v) is 5.88. The number of hydrogen-bond donors (Lipinski definition) is 0. The summed E-state index contributed by atoms with van der Waals surface area (Å²) in [7, 11) is 4.29. The van der Waals surface area contributed by atoms with Crippen LogP contribution in [0.3, 0.4) is 0 Å². The van der Waals surface area contributed by atoms with Gasteiger partial charge in [-0.2, -0.15) is 4.68 Å². The van der Waals surface area contributed by atoms with Crippen molar-refractivity contribution in [3.8, 4) is 11.3 Å². The minimum Gasteiger partial charge on any atom is -1.00 e. The third kappa shape index (κ3) is 2.25. The van der Waals surface area contributed by atoms with Crippen LogP contribution < -0.4 is 28.7 Å². The zero-order chi connectivity index (χ0) is 11.1. The zero-order valence-electron chi connectivity index (χ0n) is 10.2. The quantitative estimate of drug-likeness (QED) is 0.510. The lowest BCUT2D eigenvalue weighted by atomic mass is 10.1. The van der Waals surface area contributed by atoms with Crippen LogP contribution in [-0.4, -0.2) is 4.68 Å². The Morgan fingerprint density at radius 3 is 2.41 bits per heavy atom. The van der Waals surface area contributed by atoms with Crippen molar-refractivity contribution in [3.63, 3.8) is 0 Å². The normalized spacial score (nSPS) is 14.5. The van der Waals surface area contributed by atoms with Crippen molar-refractivity contribution >= 4 is 0 Å². The summed E-state index contributed by atoms with van der Waals surface area (Å²) in [5.41, 5.74) is 4.08. The fraction of sp³-hybridized carbons (Fsp3) is 0.357. The minimum absolute atomic E-state index is 0. The lowest BCUT2D eigenvalue weighted by Crippen LogP contribution is -3.00. The van der Waals surface area contributed by atoms with Gasteiger partial charge in [-0.05, 0) is 12.8 Å². The van der Waals surface area contributed by atoms with Crippen molar-refractivity contribution in [2.75, 3.05) is 0 Å². The molecule has 90 valence electrons. The lowest BCUT2D eigenvalue weighted by Gasteiger charge is -1.99. The van der Waals surface area contributed by atoms with Gasteiger partial charge >= 0.3 is 0 Å². The molecule has 0 atom stereocenters. The smallest absolute Gasteiger partial charge is 0.211 e. The van der Waals surface area contributed by atoms with Crippen molar-refractivity contribution in [2.45, 2.75) is 18.8 Å². The molecule has 3 rings (SSSR count). The van der Waals surface area contributed by atoms with Crippen LogP contribution in [0, 0.1) is 0 Å². The van der Waals surface area contributed by atoms with Gasteiger partial charge in [0.2, 0.25) is 5.69 Å². The van der Waals surface area contributed by atoms with Gasteiger partial charge in [0.05, 0.1) is 7.05 Å². The third-order valence-electron chi connectivity index (χ3n) is 3.52. The molecule has 0 saturated heterocycles. The predicted octanol–water partition coefficient (Wildman–Crippen LogP) is -0.602. The van der Waals surface area contributed by atoms with Gasteiger partial charge in [-0.25, -0.2) is 0 Å². The van der Waals surface area contributed by atoms with Crippen LogP contribution in [0.5, 0.6) is 0 Å². The molecule has 0 aliphatic heterocycles. The molecule has 2 aromatic rings. The van der Waals surface area contributed by atoms with E-state index < -0.39 is 0 Å². The molecule has 0 radical (unpaired) electrons. The zero-order valence-corrected chi connectivity index (χ0v) is 12.4. The van der Waals surface area contributed by atoms with E-state index in [2.05, 4.69) is 59.9 Å². The Balaban J connectivity index is 0.00000108. The molecular weight excluding hydrogens is 323 g/mol. The van der Waals surface area contributed by atoms with E-state index in [1.54, 1.807) is 0 Å². The molecule has 0 bridgehead atoms. The molecule has 0 amide bonds. The van der Waals surface area contributed by atoms with Gasteiger partial charge in [0.25, 0.3) is 0 Å². The van der Waals surface area contributed by atoms with Gasteiger partial charge in [0.1, 0.15) is 5.69 Å². The molecule has 1 saturated carbocycles. The maximum Gasteiger partial charge on any atom is 0.211 e. The summed E-state index contributed by atoms with van der Waals surface area (Å²) in [6.45, 7) is 0. The highest BCUT2D eigenvalue weighted by molar-refractivity contribution is 5.59. The van der Waals surface area contributed by atoms with Gasteiger partial charge in [-0.3, -0.25) is 0 Å². The summed E-state index contributed by atoms with van der Waals surface area (Å²) in [6.07, 6.45) is 2.71. The maximum atomic E-state index is 2.34. The highest BCUT2D eigenvalue weighted by atomic mass is 127. The second-order valence-corrected chi connectivity index (χ2v) is 4.64. The summed E-state index contributed by atoms with van der Waals surface area (Å²) in [5.74, 6) is 0.800. The average molecular weight is 340 g/mol. The van der Waals surface area contributed by atoms with Crippen LogP contribution >= 0.6 is 0 Å². The summed E-state index contributed by atoms with van der Waals surface area (Å²) < 4.78 is 4.52. The SMILES string of the molecule is Cn1c(-c2ccccc2)cc(C2CC2)[n+]1C.[I-]. The Labute approximate surface area is 119 Å². The van der Waals surface area contributed by atoms with E-state index in [9.17, 15) is 0 Å². The Morgan fingerprint density at radius 1 is 1.18 bits per heavy atom. The first kappa shape index (κ1) is 12.6. The van der Waals surface area contributed by atoms with E-state index in [1.165, 1.54) is 29.8 Å². The fourth-order valence-electron chi connectivity index (χ4n) is 2.30. The van der Waals surface area contributed by atoms with E-state index in [0.29, 0.717) is 0 Å². The van der Waals surface area contributed by atoms with Gasteiger partial charge in [0, 0.05) is 17.5 Å². The highest BCUT2D eigenvalue weighted by Crippen LogP contribution is 2.39. The standard InChI is InChI=1S/C14H17N2.HI/c1-15-13(11-6-4-3-5-7-11)10-14(16(15)2)12-8-9-12;/h3-7,10,12H,8-9H2,1-2H3;1H/q+1;/p-1. The van der Waals surface area contributed by atoms with Crippen LogP contribution in [0.25, 0.3) is 11.3 Å². The molecule has 0 unspecified atom stereocenters.